The van der Waals surface area contributed by atoms with Crippen LogP contribution in [0.15, 0.2) is 59.5 Å². The summed E-state index contributed by atoms with van der Waals surface area (Å²) in [6.07, 6.45) is 2.03. The van der Waals surface area contributed by atoms with Crippen molar-refractivity contribution in [3.8, 4) is 11.4 Å². The summed E-state index contributed by atoms with van der Waals surface area (Å²) in [6, 6.07) is 14.9. The van der Waals surface area contributed by atoms with Crippen LogP contribution in [0.25, 0.3) is 11.4 Å². The molecule has 3 rings (SSSR count). The van der Waals surface area contributed by atoms with Crippen LogP contribution in [-0.2, 0) is 17.8 Å². The van der Waals surface area contributed by atoms with Crippen molar-refractivity contribution in [1.29, 1.82) is 0 Å². The standard InChI is InChI=1S/C24H26N4O3/c1-4-17-13-9-10-16(3)21(17)27-20(29)15-28-22(18-11-7-6-8-12-18)26-14-19(24(28)31)23(30)25-5-2/h6-14H,4-5,15H2,1-3H3,(H,25,30)(H,27,29). The van der Waals surface area contributed by atoms with Crippen LogP contribution in [0, 0.1) is 6.92 Å². The lowest BCUT2D eigenvalue weighted by atomic mass is 10.1. The van der Waals surface area contributed by atoms with Gasteiger partial charge in [0.2, 0.25) is 5.91 Å². The van der Waals surface area contributed by atoms with Crippen molar-refractivity contribution in [1.82, 2.24) is 14.9 Å². The minimum atomic E-state index is -0.560. The second kappa shape index (κ2) is 9.84. The molecule has 0 aliphatic rings. The van der Waals surface area contributed by atoms with Gasteiger partial charge in [-0.05, 0) is 31.4 Å². The van der Waals surface area contributed by atoms with Gasteiger partial charge < -0.3 is 10.6 Å². The minimum absolute atomic E-state index is 0.0977. The number of rotatable bonds is 7. The SMILES string of the molecule is CCNC(=O)c1cnc(-c2ccccc2)n(CC(=O)Nc2c(C)cccc2CC)c1=O. The molecule has 7 heteroatoms. The third-order valence-electron chi connectivity index (χ3n) is 4.97. The first kappa shape index (κ1) is 22.0. The summed E-state index contributed by atoms with van der Waals surface area (Å²) in [4.78, 5) is 42.7. The third kappa shape index (κ3) is 4.88. The lowest BCUT2D eigenvalue weighted by molar-refractivity contribution is -0.116. The van der Waals surface area contributed by atoms with Crippen molar-refractivity contribution >= 4 is 17.5 Å². The maximum absolute atomic E-state index is 13.1. The zero-order chi connectivity index (χ0) is 22.4. The van der Waals surface area contributed by atoms with E-state index in [0.717, 1.165) is 23.2 Å². The van der Waals surface area contributed by atoms with E-state index in [1.54, 1.807) is 19.1 Å². The average molecular weight is 418 g/mol. The molecule has 0 radical (unpaired) electrons. The summed E-state index contributed by atoms with van der Waals surface area (Å²) in [5, 5.41) is 5.54. The molecule has 0 aliphatic carbocycles. The van der Waals surface area contributed by atoms with Gasteiger partial charge in [-0.1, -0.05) is 55.5 Å². The topological polar surface area (TPSA) is 93.1 Å². The molecule has 3 aromatic rings. The maximum atomic E-state index is 13.1. The summed E-state index contributed by atoms with van der Waals surface area (Å²) in [7, 11) is 0. The monoisotopic (exact) mass is 418 g/mol. The van der Waals surface area contributed by atoms with Crippen LogP contribution in [0.5, 0.6) is 0 Å². The second-order valence-electron chi connectivity index (χ2n) is 7.12. The number of hydrogen-bond acceptors (Lipinski definition) is 4. The van der Waals surface area contributed by atoms with Crippen LogP contribution in [0.1, 0.15) is 35.3 Å². The largest absolute Gasteiger partial charge is 0.352 e. The lowest BCUT2D eigenvalue weighted by Crippen LogP contribution is -2.36. The zero-order valence-electron chi connectivity index (χ0n) is 17.9. The first-order valence-electron chi connectivity index (χ1n) is 10.3. The normalized spacial score (nSPS) is 10.5. The highest BCUT2D eigenvalue weighted by Gasteiger charge is 2.19. The molecule has 2 amide bonds. The van der Waals surface area contributed by atoms with Crippen LogP contribution in [0.2, 0.25) is 0 Å². The van der Waals surface area contributed by atoms with E-state index in [1.165, 1.54) is 10.8 Å². The van der Waals surface area contributed by atoms with E-state index in [9.17, 15) is 14.4 Å². The van der Waals surface area contributed by atoms with Gasteiger partial charge in [-0.15, -0.1) is 0 Å². The number of hydrogen-bond donors (Lipinski definition) is 2. The Labute approximate surface area is 181 Å². The molecule has 1 heterocycles. The summed E-state index contributed by atoms with van der Waals surface area (Å²) < 4.78 is 1.25. The summed E-state index contributed by atoms with van der Waals surface area (Å²) in [5.74, 6) is -0.548. The predicted octanol–water partition coefficient (Wildman–Crippen LogP) is 3.17. The van der Waals surface area contributed by atoms with E-state index in [1.807, 2.05) is 50.2 Å². The van der Waals surface area contributed by atoms with Gasteiger partial charge in [-0.3, -0.25) is 19.0 Å². The van der Waals surface area contributed by atoms with Gasteiger partial charge in [0, 0.05) is 24.0 Å². The van der Waals surface area contributed by atoms with E-state index >= 15 is 0 Å². The van der Waals surface area contributed by atoms with Crippen molar-refractivity contribution in [2.75, 3.05) is 11.9 Å². The van der Waals surface area contributed by atoms with Gasteiger partial charge in [0.1, 0.15) is 17.9 Å². The Bertz CT molecular complexity index is 1150. The Kier molecular flexibility index (Phi) is 6.97. The fraction of sp³-hybridized carbons (Fsp3) is 0.250. The highest BCUT2D eigenvalue weighted by Crippen LogP contribution is 2.21. The molecule has 160 valence electrons. The summed E-state index contributed by atoms with van der Waals surface area (Å²) in [5.41, 5.74) is 2.72. The number of aryl methyl sites for hydroxylation is 2. The van der Waals surface area contributed by atoms with Crippen molar-refractivity contribution in [3.63, 3.8) is 0 Å². The van der Waals surface area contributed by atoms with E-state index in [2.05, 4.69) is 15.6 Å². The Morgan fingerprint density at radius 1 is 1.03 bits per heavy atom. The molecule has 1 aromatic heterocycles. The molecule has 2 aromatic carbocycles. The zero-order valence-corrected chi connectivity index (χ0v) is 17.9. The number of carbonyl (C=O) groups excluding carboxylic acids is 2. The van der Waals surface area contributed by atoms with Gasteiger partial charge in [-0.2, -0.15) is 0 Å². The Morgan fingerprint density at radius 2 is 1.77 bits per heavy atom. The van der Waals surface area contributed by atoms with Crippen molar-refractivity contribution in [3.05, 3.63) is 81.8 Å². The lowest BCUT2D eigenvalue weighted by Gasteiger charge is -2.16. The van der Waals surface area contributed by atoms with Crippen molar-refractivity contribution in [2.45, 2.75) is 33.7 Å². The van der Waals surface area contributed by atoms with E-state index in [-0.39, 0.29) is 18.0 Å². The van der Waals surface area contributed by atoms with Crippen LogP contribution in [-0.4, -0.2) is 27.9 Å². The molecular formula is C24H26N4O3. The average Bonchev–Trinajstić information content (AvgIpc) is 2.77. The van der Waals surface area contributed by atoms with Crippen molar-refractivity contribution < 1.29 is 9.59 Å². The molecule has 2 N–H and O–H groups in total. The number of aromatic nitrogens is 2. The molecule has 0 bridgehead atoms. The number of para-hydroxylation sites is 1. The van der Waals surface area contributed by atoms with Gasteiger partial charge in [0.25, 0.3) is 11.5 Å². The highest BCUT2D eigenvalue weighted by molar-refractivity contribution is 5.94. The van der Waals surface area contributed by atoms with Crippen LogP contribution in [0.3, 0.4) is 0 Å². The molecule has 0 unspecified atom stereocenters. The Balaban J connectivity index is 2.02. The first-order valence-corrected chi connectivity index (χ1v) is 10.3. The molecular weight excluding hydrogens is 392 g/mol. The molecule has 0 saturated heterocycles. The molecule has 0 spiro atoms. The highest BCUT2D eigenvalue weighted by atomic mass is 16.2. The molecule has 0 aliphatic heterocycles. The van der Waals surface area contributed by atoms with Gasteiger partial charge in [-0.25, -0.2) is 4.98 Å². The molecule has 7 nitrogen and oxygen atoms in total. The second-order valence-corrected chi connectivity index (χ2v) is 7.12. The molecule has 31 heavy (non-hydrogen) atoms. The Hall–Kier alpha value is -3.74. The van der Waals surface area contributed by atoms with Crippen molar-refractivity contribution in [2.24, 2.45) is 0 Å². The van der Waals surface area contributed by atoms with Crippen LogP contribution >= 0.6 is 0 Å². The smallest absolute Gasteiger partial charge is 0.267 e. The molecule has 0 fully saturated rings. The number of benzene rings is 2. The number of nitrogens with one attached hydrogen (secondary N) is 2. The number of amides is 2. The van der Waals surface area contributed by atoms with E-state index < -0.39 is 11.5 Å². The number of anilines is 1. The summed E-state index contributed by atoms with van der Waals surface area (Å²) >= 11 is 0. The van der Waals surface area contributed by atoms with Crippen LogP contribution < -0.4 is 16.2 Å². The molecule has 0 atom stereocenters. The Morgan fingerprint density at radius 3 is 2.45 bits per heavy atom. The number of nitrogens with zero attached hydrogens (tertiary/aromatic N) is 2. The maximum Gasteiger partial charge on any atom is 0.267 e. The van der Waals surface area contributed by atoms with Gasteiger partial charge in [0.05, 0.1) is 0 Å². The minimum Gasteiger partial charge on any atom is -0.352 e. The van der Waals surface area contributed by atoms with Gasteiger partial charge >= 0.3 is 0 Å². The van der Waals surface area contributed by atoms with E-state index in [4.69, 9.17) is 0 Å². The predicted molar refractivity (Wildman–Crippen MR) is 121 cm³/mol. The summed E-state index contributed by atoms with van der Waals surface area (Å²) in [6.45, 7) is 5.83. The first-order chi connectivity index (χ1) is 15.0. The van der Waals surface area contributed by atoms with Gasteiger partial charge in [0.15, 0.2) is 0 Å². The third-order valence-corrected chi connectivity index (χ3v) is 4.97. The van der Waals surface area contributed by atoms with Crippen LogP contribution in [0.4, 0.5) is 5.69 Å². The fourth-order valence-corrected chi connectivity index (χ4v) is 3.39. The van der Waals surface area contributed by atoms with E-state index in [0.29, 0.717) is 17.9 Å². The quantitative estimate of drug-likeness (QED) is 0.616. The molecule has 0 saturated carbocycles. The fourth-order valence-electron chi connectivity index (χ4n) is 3.39. The number of carbonyl (C=O) groups is 2.